The lowest BCUT2D eigenvalue weighted by molar-refractivity contribution is -0.118. The summed E-state index contributed by atoms with van der Waals surface area (Å²) in [6.07, 6.45) is 1.17. The van der Waals surface area contributed by atoms with Gasteiger partial charge in [-0.25, -0.2) is 0 Å². The van der Waals surface area contributed by atoms with Crippen molar-refractivity contribution in [2.75, 3.05) is 18.2 Å². The number of carbonyl (C=O) groups excluding carboxylic acids is 1. The standard InChI is InChI=1S/C18H19NO3/c1-2-19(15-6-4-3-5-7-15)18(20)11-9-14-8-10-16-17(12-14)22-13-21-16/h3-8,10,12H,2,9,11,13H2,1H3. The number of rotatable bonds is 5. The topological polar surface area (TPSA) is 38.8 Å². The van der Waals surface area contributed by atoms with Crippen LogP contribution in [0.1, 0.15) is 18.9 Å². The largest absolute Gasteiger partial charge is 0.454 e. The van der Waals surface area contributed by atoms with Gasteiger partial charge in [0.05, 0.1) is 0 Å². The van der Waals surface area contributed by atoms with Crippen LogP contribution in [0.25, 0.3) is 0 Å². The summed E-state index contributed by atoms with van der Waals surface area (Å²) in [4.78, 5) is 14.3. The lowest BCUT2D eigenvalue weighted by Gasteiger charge is -2.21. The highest BCUT2D eigenvalue weighted by Gasteiger charge is 2.16. The molecular formula is C18H19NO3. The minimum Gasteiger partial charge on any atom is -0.454 e. The molecule has 1 amide bonds. The first-order valence-corrected chi connectivity index (χ1v) is 7.52. The minimum absolute atomic E-state index is 0.131. The molecule has 0 aliphatic carbocycles. The van der Waals surface area contributed by atoms with E-state index in [4.69, 9.17) is 9.47 Å². The molecule has 0 spiro atoms. The predicted molar refractivity (Wildman–Crippen MR) is 85.4 cm³/mol. The molecule has 114 valence electrons. The Morgan fingerprint density at radius 1 is 1.09 bits per heavy atom. The van der Waals surface area contributed by atoms with E-state index in [0.717, 1.165) is 22.7 Å². The molecule has 0 bridgehead atoms. The lowest BCUT2D eigenvalue weighted by atomic mass is 10.1. The van der Waals surface area contributed by atoms with Crippen LogP contribution in [-0.4, -0.2) is 19.2 Å². The summed E-state index contributed by atoms with van der Waals surface area (Å²) in [7, 11) is 0. The van der Waals surface area contributed by atoms with E-state index in [2.05, 4.69) is 0 Å². The fraction of sp³-hybridized carbons (Fsp3) is 0.278. The highest BCUT2D eigenvalue weighted by molar-refractivity contribution is 5.93. The second-order valence-corrected chi connectivity index (χ2v) is 5.16. The van der Waals surface area contributed by atoms with E-state index in [1.54, 1.807) is 0 Å². The molecule has 2 aromatic carbocycles. The average Bonchev–Trinajstić information content (AvgIpc) is 3.02. The number of carbonyl (C=O) groups is 1. The van der Waals surface area contributed by atoms with Crippen molar-refractivity contribution in [3.05, 3.63) is 54.1 Å². The normalized spacial score (nSPS) is 12.2. The van der Waals surface area contributed by atoms with Crippen molar-refractivity contribution in [2.24, 2.45) is 0 Å². The monoisotopic (exact) mass is 297 g/mol. The molecule has 0 fully saturated rings. The number of benzene rings is 2. The summed E-state index contributed by atoms with van der Waals surface area (Å²) in [5.41, 5.74) is 2.03. The Balaban J connectivity index is 1.64. The van der Waals surface area contributed by atoms with Crippen molar-refractivity contribution in [3.8, 4) is 11.5 Å². The lowest BCUT2D eigenvalue weighted by Crippen LogP contribution is -2.30. The fourth-order valence-corrected chi connectivity index (χ4v) is 2.59. The molecule has 1 aliphatic rings. The molecule has 0 atom stereocenters. The minimum atomic E-state index is 0.131. The molecule has 0 unspecified atom stereocenters. The van der Waals surface area contributed by atoms with Crippen LogP contribution < -0.4 is 14.4 Å². The summed E-state index contributed by atoms with van der Waals surface area (Å²) in [6.45, 7) is 2.94. The van der Waals surface area contributed by atoms with Crippen molar-refractivity contribution >= 4 is 11.6 Å². The van der Waals surface area contributed by atoms with Crippen molar-refractivity contribution < 1.29 is 14.3 Å². The maximum absolute atomic E-state index is 12.5. The number of amides is 1. The van der Waals surface area contributed by atoms with Crippen LogP contribution >= 0.6 is 0 Å². The zero-order chi connectivity index (χ0) is 15.4. The molecule has 0 radical (unpaired) electrons. The second-order valence-electron chi connectivity index (χ2n) is 5.16. The average molecular weight is 297 g/mol. The third-order valence-corrected chi connectivity index (χ3v) is 3.75. The van der Waals surface area contributed by atoms with E-state index in [1.165, 1.54) is 0 Å². The molecule has 0 aromatic heterocycles. The van der Waals surface area contributed by atoms with E-state index in [-0.39, 0.29) is 12.7 Å². The number of hydrogen-bond donors (Lipinski definition) is 0. The van der Waals surface area contributed by atoms with Crippen LogP contribution in [0.2, 0.25) is 0 Å². The summed E-state index contributed by atoms with van der Waals surface area (Å²) in [5.74, 6) is 1.67. The molecule has 0 saturated heterocycles. The van der Waals surface area contributed by atoms with Crippen molar-refractivity contribution in [2.45, 2.75) is 19.8 Å². The molecule has 4 nitrogen and oxygen atoms in total. The van der Waals surface area contributed by atoms with Gasteiger partial charge in [-0.05, 0) is 43.2 Å². The fourth-order valence-electron chi connectivity index (χ4n) is 2.59. The molecule has 1 aliphatic heterocycles. The molecule has 2 aromatic rings. The number of para-hydroxylation sites is 1. The SMILES string of the molecule is CCN(C(=O)CCc1ccc2c(c1)OCO2)c1ccccc1. The van der Waals surface area contributed by atoms with Gasteiger partial charge in [0.1, 0.15) is 0 Å². The number of fused-ring (bicyclic) bond motifs is 1. The van der Waals surface area contributed by atoms with Crippen LogP contribution in [0, 0.1) is 0 Å². The quantitative estimate of drug-likeness (QED) is 0.849. The van der Waals surface area contributed by atoms with Crippen LogP contribution in [0.5, 0.6) is 11.5 Å². The van der Waals surface area contributed by atoms with E-state index in [9.17, 15) is 4.79 Å². The highest BCUT2D eigenvalue weighted by atomic mass is 16.7. The molecule has 0 saturated carbocycles. The molecule has 3 rings (SSSR count). The Kier molecular flexibility index (Phi) is 4.28. The van der Waals surface area contributed by atoms with Gasteiger partial charge in [-0.2, -0.15) is 0 Å². The first-order valence-electron chi connectivity index (χ1n) is 7.52. The van der Waals surface area contributed by atoms with Crippen LogP contribution in [0.4, 0.5) is 5.69 Å². The number of aryl methyl sites for hydroxylation is 1. The number of nitrogens with zero attached hydrogens (tertiary/aromatic N) is 1. The molecule has 22 heavy (non-hydrogen) atoms. The first kappa shape index (κ1) is 14.4. The van der Waals surface area contributed by atoms with Gasteiger partial charge in [-0.1, -0.05) is 24.3 Å². The second kappa shape index (κ2) is 6.52. The Labute approximate surface area is 130 Å². The number of ether oxygens (including phenoxy) is 2. The molecule has 0 N–H and O–H groups in total. The van der Waals surface area contributed by atoms with Gasteiger partial charge in [0.15, 0.2) is 11.5 Å². The van der Waals surface area contributed by atoms with Crippen LogP contribution in [0.15, 0.2) is 48.5 Å². The summed E-state index contributed by atoms with van der Waals surface area (Å²) < 4.78 is 10.7. The van der Waals surface area contributed by atoms with E-state index in [0.29, 0.717) is 19.4 Å². The smallest absolute Gasteiger partial charge is 0.231 e. The molecular weight excluding hydrogens is 278 g/mol. The molecule has 1 heterocycles. The zero-order valence-corrected chi connectivity index (χ0v) is 12.6. The third kappa shape index (κ3) is 3.06. The van der Waals surface area contributed by atoms with E-state index < -0.39 is 0 Å². The van der Waals surface area contributed by atoms with Gasteiger partial charge < -0.3 is 14.4 Å². The predicted octanol–water partition coefficient (Wildman–Crippen LogP) is 3.40. The van der Waals surface area contributed by atoms with Crippen LogP contribution in [-0.2, 0) is 11.2 Å². The Bertz CT molecular complexity index is 655. The summed E-state index contributed by atoms with van der Waals surface area (Å²) in [5, 5.41) is 0. The van der Waals surface area contributed by atoms with Crippen molar-refractivity contribution in [1.82, 2.24) is 0 Å². The highest BCUT2D eigenvalue weighted by Crippen LogP contribution is 2.32. The van der Waals surface area contributed by atoms with Gasteiger partial charge in [0, 0.05) is 18.7 Å². The van der Waals surface area contributed by atoms with Gasteiger partial charge in [-0.15, -0.1) is 0 Å². The van der Waals surface area contributed by atoms with Gasteiger partial charge in [-0.3, -0.25) is 4.79 Å². The molecule has 4 heteroatoms. The zero-order valence-electron chi connectivity index (χ0n) is 12.6. The maximum atomic E-state index is 12.5. The number of anilines is 1. The van der Waals surface area contributed by atoms with Crippen molar-refractivity contribution in [1.29, 1.82) is 0 Å². The Hall–Kier alpha value is -2.49. The van der Waals surface area contributed by atoms with E-state index in [1.807, 2.05) is 60.4 Å². The number of hydrogen-bond acceptors (Lipinski definition) is 3. The van der Waals surface area contributed by atoms with Crippen LogP contribution in [0.3, 0.4) is 0 Å². The van der Waals surface area contributed by atoms with Crippen molar-refractivity contribution in [3.63, 3.8) is 0 Å². The van der Waals surface area contributed by atoms with Gasteiger partial charge in [0.25, 0.3) is 0 Å². The van der Waals surface area contributed by atoms with Gasteiger partial charge >= 0.3 is 0 Å². The van der Waals surface area contributed by atoms with E-state index >= 15 is 0 Å². The summed E-state index contributed by atoms with van der Waals surface area (Å²) in [6, 6.07) is 15.6. The maximum Gasteiger partial charge on any atom is 0.231 e. The summed E-state index contributed by atoms with van der Waals surface area (Å²) >= 11 is 0. The Morgan fingerprint density at radius 3 is 2.64 bits per heavy atom. The first-order chi connectivity index (χ1) is 10.8. The van der Waals surface area contributed by atoms with Gasteiger partial charge in [0.2, 0.25) is 12.7 Å². The third-order valence-electron chi connectivity index (χ3n) is 3.75. The Morgan fingerprint density at radius 2 is 1.86 bits per heavy atom.